The van der Waals surface area contributed by atoms with Crippen molar-refractivity contribution < 1.29 is 8.42 Å². The minimum atomic E-state index is -3.65. The molecule has 0 saturated carbocycles. The fourth-order valence-electron chi connectivity index (χ4n) is 0.638. The van der Waals surface area contributed by atoms with Gasteiger partial charge in [0.05, 0.1) is 12.1 Å². The molecule has 0 aliphatic heterocycles. The summed E-state index contributed by atoms with van der Waals surface area (Å²) in [6.45, 7) is 3.17. The summed E-state index contributed by atoms with van der Waals surface area (Å²) in [5.74, 6) is -0.621. The first-order valence-corrected chi connectivity index (χ1v) is 5.34. The molecule has 0 bridgehead atoms. The Morgan fingerprint density at radius 3 is 2.31 bits per heavy atom. The third kappa shape index (κ3) is 3.88. The number of hydrogen-bond acceptors (Lipinski definition) is 4. The summed E-state index contributed by atoms with van der Waals surface area (Å²) in [4.78, 5) is 0. The van der Waals surface area contributed by atoms with Crippen LogP contribution in [-0.4, -0.2) is 19.7 Å². The molecule has 1 unspecified atom stereocenters. The van der Waals surface area contributed by atoms with Crippen LogP contribution >= 0.6 is 0 Å². The molecule has 13 heavy (non-hydrogen) atoms. The second kappa shape index (κ2) is 4.22. The van der Waals surface area contributed by atoms with Gasteiger partial charge in [0, 0.05) is 0 Å². The van der Waals surface area contributed by atoms with Crippen molar-refractivity contribution in [2.24, 2.45) is 0 Å². The molecule has 0 spiro atoms. The highest BCUT2D eigenvalue weighted by Gasteiger charge is 2.27. The SMILES string of the molecule is CCC(C)(C#N)NS(=O)(=O)CC#N. The highest BCUT2D eigenvalue weighted by molar-refractivity contribution is 7.89. The second-order valence-corrected chi connectivity index (χ2v) is 4.54. The average Bonchev–Trinajstić information content (AvgIpc) is 2.03. The molecule has 6 heteroatoms. The Labute approximate surface area is 78.0 Å². The summed E-state index contributed by atoms with van der Waals surface area (Å²) in [5, 5.41) is 16.8. The molecule has 0 heterocycles. The molecular weight excluding hydrogens is 190 g/mol. The fourth-order valence-corrected chi connectivity index (χ4v) is 1.76. The van der Waals surface area contributed by atoms with Crippen LogP contribution in [0.5, 0.6) is 0 Å². The maximum atomic E-state index is 11.1. The normalized spacial score (nSPS) is 15.4. The van der Waals surface area contributed by atoms with E-state index in [1.54, 1.807) is 6.92 Å². The molecule has 0 amide bonds. The summed E-state index contributed by atoms with van der Waals surface area (Å²) in [6.07, 6.45) is 0.355. The van der Waals surface area contributed by atoms with Crippen molar-refractivity contribution in [2.45, 2.75) is 25.8 Å². The Morgan fingerprint density at radius 2 is 2.00 bits per heavy atom. The molecule has 0 aliphatic rings. The molecular formula is C7H11N3O2S. The minimum absolute atomic E-state index is 0.355. The van der Waals surface area contributed by atoms with Crippen molar-refractivity contribution in [3.05, 3.63) is 0 Å². The van der Waals surface area contributed by atoms with E-state index in [9.17, 15) is 8.42 Å². The summed E-state index contributed by atoms with van der Waals surface area (Å²) >= 11 is 0. The largest absolute Gasteiger partial charge is 0.226 e. The molecule has 0 saturated heterocycles. The molecule has 1 atom stereocenters. The summed E-state index contributed by atoms with van der Waals surface area (Å²) in [6, 6.07) is 3.36. The molecule has 0 rings (SSSR count). The van der Waals surface area contributed by atoms with Gasteiger partial charge in [-0.05, 0) is 13.3 Å². The highest BCUT2D eigenvalue weighted by atomic mass is 32.2. The molecule has 72 valence electrons. The van der Waals surface area contributed by atoms with Gasteiger partial charge >= 0.3 is 0 Å². The average molecular weight is 201 g/mol. The van der Waals surface area contributed by atoms with Crippen molar-refractivity contribution in [1.82, 2.24) is 4.72 Å². The van der Waals surface area contributed by atoms with Crippen LogP contribution in [0, 0.1) is 22.7 Å². The maximum absolute atomic E-state index is 11.1. The van der Waals surface area contributed by atoms with E-state index in [1.165, 1.54) is 13.0 Å². The number of hydrogen-bond donors (Lipinski definition) is 1. The van der Waals surface area contributed by atoms with Crippen LogP contribution in [0.3, 0.4) is 0 Å². The lowest BCUT2D eigenvalue weighted by Crippen LogP contribution is -2.44. The maximum Gasteiger partial charge on any atom is 0.226 e. The Bertz CT molecular complexity index is 349. The van der Waals surface area contributed by atoms with Crippen LogP contribution in [0.1, 0.15) is 20.3 Å². The van der Waals surface area contributed by atoms with Crippen molar-refractivity contribution in [2.75, 3.05) is 5.75 Å². The first-order chi connectivity index (χ1) is 5.89. The van der Waals surface area contributed by atoms with Crippen LogP contribution in [-0.2, 0) is 10.0 Å². The zero-order valence-electron chi connectivity index (χ0n) is 7.53. The summed E-state index contributed by atoms with van der Waals surface area (Å²) in [5.41, 5.74) is -1.12. The van der Waals surface area contributed by atoms with Crippen molar-refractivity contribution >= 4 is 10.0 Å². The number of sulfonamides is 1. The van der Waals surface area contributed by atoms with Gasteiger partial charge in [0.1, 0.15) is 5.54 Å². The second-order valence-electron chi connectivity index (χ2n) is 2.82. The van der Waals surface area contributed by atoms with Crippen LogP contribution in [0.4, 0.5) is 0 Å². The van der Waals surface area contributed by atoms with Gasteiger partial charge in [-0.15, -0.1) is 0 Å². The third-order valence-corrected chi connectivity index (χ3v) is 2.86. The molecule has 0 aromatic rings. The Kier molecular flexibility index (Phi) is 3.86. The first-order valence-electron chi connectivity index (χ1n) is 3.69. The van der Waals surface area contributed by atoms with E-state index >= 15 is 0 Å². The smallest absolute Gasteiger partial charge is 0.211 e. The number of nitrogens with zero attached hydrogens (tertiary/aromatic N) is 2. The standard InChI is InChI=1S/C7H11N3O2S/c1-3-7(2,6-9)10-13(11,12)5-4-8/h10H,3,5H2,1-2H3. The van der Waals surface area contributed by atoms with E-state index in [2.05, 4.69) is 4.72 Å². The molecule has 0 fully saturated rings. The van der Waals surface area contributed by atoms with Gasteiger partial charge < -0.3 is 0 Å². The predicted molar refractivity (Wildman–Crippen MR) is 46.8 cm³/mol. The number of nitriles is 2. The quantitative estimate of drug-likeness (QED) is 0.699. The molecule has 0 aliphatic carbocycles. The van der Waals surface area contributed by atoms with Crippen molar-refractivity contribution in [3.63, 3.8) is 0 Å². The van der Waals surface area contributed by atoms with E-state index in [4.69, 9.17) is 10.5 Å². The zero-order valence-corrected chi connectivity index (χ0v) is 8.35. The van der Waals surface area contributed by atoms with E-state index < -0.39 is 21.3 Å². The Morgan fingerprint density at radius 1 is 1.46 bits per heavy atom. The lowest BCUT2D eigenvalue weighted by Gasteiger charge is -2.19. The van der Waals surface area contributed by atoms with Gasteiger partial charge in [-0.1, -0.05) is 6.92 Å². The van der Waals surface area contributed by atoms with E-state index in [-0.39, 0.29) is 0 Å². The lowest BCUT2D eigenvalue weighted by molar-refractivity contribution is 0.497. The fraction of sp³-hybridized carbons (Fsp3) is 0.714. The van der Waals surface area contributed by atoms with Crippen molar-refractivity contribution in [3.8, 4) is 12.1 Å². The molecule has 1 N–H and O–H groups in total. The zero-order chi connectivity index (χ0) is 10.5. The van der Waals surface area contributed by atoms with Crippen LogP contribution < -0.4 is 4.72 Å². The predicted octanol–water partition coefficient (Wildman–Crippen LogP) is 0.122. The molecule has 0 aromatic heterocycles. The topological polar surface area (TPSA) is 93.8 Å². The Balaban J connectivity index is 4.64. The van der Waals surface area contributed by atoms with Gasteiger partial charge in [-0.3, -0.25) is 0 Å². The van der Waals surface area contributed by atoms with Gasteiger partial charge in [-0.25, -0.2) is 8.42 Å². The van der Waals surface area contributed by atoms with Crippen LogP contribution in [0.25, 0.3) is 0 Å². The molecule has 0 radical (unpaired) electrons. The van der Waals surface area contributed by atoms with E-state index in [0.717, 1.165) is 0 Å². The third-order valence-electron chi connectivity index (χ3n) is 1.59. The minimum Gasteiger partial charge on any atom is -0.211 e. The lowest BCUT2D eigenvalue weighted by atomic mass is 10.0. The van der Waals surface area contributed by atoms with Gasteiger partial charge in [-0.2, -0.15) is 15.2 Å². The first kappa shape index (κ1) is 11.9. The summed E-state index contributed by atoms with van der Waals surface area (Å²) < 4.78 is 24.3. The number of nitrogens with one attached hydrogen (secondary N) is 1. The molecule has 5 nitrogen and oxygen atoms in total. The summed E-state index contributed by atoms with van der Waals surface area (Å²) in [7, 11) is -3.65. The van der Waals surface area contributed by atoms with E-state index in [0.29, 0.717) is 6.42 Å². The van der Waals surface area contributed by atoms with Crippen molar-refractivity contribution in [1.29, 1.82) is 10.5 Å². The number of rotatable bonds is 4. The van der Waals surface area contributed by atoms with Gasteiger partial charge in [0.25, 0.3) is 0 Å². The van der Waals surface area contributed by atoms with Gasteiger partial charge in [0.2, 0.25) is 10.0 Å². The van der Waals surface area contributed by atoms with Crippen LogP contribution in [0.2, 0.25) is 0 Å². The van der Waals surface area contributed by atoms with Crippen LogP contribution in [0.15, 0.2) is 0 Å². The van der Waals surface area contributed by atoms with Gasteiger partial charge in [0.15, 0.2) is 5.75 Å². The van der Waals surface area contributed by atoms with E-state index in [1.807, 2.05) is 6.07 Å². The highest BCUT2D eigenvalue weighted by Crippen LogP contribution is 2.08. The monoisotopic (exact) mass is 201 g/mol. The Hall–Kier alpha value is -1.11. The molecule has 0 aromatic carbocycles.